The Morgan fingerprint density at radius 3 is 2.26 bits per heavy atom. The number of carbonyl (C=O) groups is 2. The fraction of sp³-hybridized carbons (Fsp3) is 0.0833. The molecule has 3 aromatic carbocycles. The Morgan fingerprint density at radius 2 is 1.58 bits per heavy atom. The maximum absolute atomic E-state index is 12.8. The molecule has 4 rings (SSSR count). The van der Waals surface area contributed by atoms with Gasteiger partial charge in [0.25, 0.3) is 11.1 Å². The lowest BCUT2D eigenvalue weighted by Gasteiger charge is -2.19. The van der Waals surface area contributed by atoms with Gasteiger partial charge in [0.2, 0.25) is 0 Å². The summed E-state index contributed by atoms with van der Waals surface area (Å²) in [4.78, 5) is 28.9. The second kappa shape index (κ2) is 9.18. The maximum atomic E-state index is 12.8. The lowest BCUT2D eigenvalue weighted by Crippen LogP contribution is -2.27. The van der Waals surface area contributed by atoms with E-state index in [9.17, 15) is 9.59 Å². The van der Waals surface area contributed by atoms with E-state index >= 15 is 0 Å². The summed E-state index contributed by atoms with van der Waals surface area (Å²) in [6, 6.07) is 23.0. The quantitative estimate of drug-likeness (QED) is 0.378. The molecule has 3 aromatic rings. The molecule has 2 amide bonds. The Balaban J connectivity index is 1.49. The molecule has 0 N–H and O–H groups in total. The molecule has 31 heavy (non-hydrogen) atoms. The number of benzene rings is 3. The third-order valence-electron chi connectivity index (χ3n) is 4.92. The van der Waals surface area contributed by atoms with Gasteiger partial charge in [0.15, 0.2) is 0 Å². The average Bonchev–Trinajstić information content (AvgIpc) is 3.04. The zero-order chi connectivity index (χ0) is 22.0. The first-order valence-electron chi connectivity index (χ1n) is 9.50. The molecule has 7 heteroatoms. The lowest BCUT2D eigenvalue weighted by molar-refractivity contribution is -0.123. The van der Waals surface area contributed by atoms with E-state index < -0.39 is 0 Å². The third kappa shape index (κ3) is 4.79. The lowest BCUT2D eigenvalue weighted by atomic mass is 10.1. The van der Waals surface area contributed by atoms with E-state index in [-0.39, 0.29) is 17.7 Å². The standard InChI is InChI=1S/C24H18Cl2N2O2S/c1-27(18-5-3-2-4-6-18)19-10-7-16(8-11-19)14-22-23(29)28(24(30)31-22)15-17-9-12-20(25)21(26)13-17/h2-14H,15H2,1H3/b22-14-. The predicted molar refractivity (Wildman–Crippen MR) is 129 cm³/mol. The van der Waals surface area contributed by atoms with E-state index in [1.807, 2.05) is 61.6 Å². The molecule has 1 aliphatic heterocycles. The number of rotatable bonds is 5. The molecule has 0 spiro atoms. The summed E-state index contributed by atoms with van der Waals surface area (Å²) in [6.45, 7) is 0.152. The highest BCUT2D eigenvalue weighted by Crippen LogP contribution is 2.34. The number of carbonyl (C=O) groups excluding carboxylic acids is 2. The van der Waals surface area contributed by atoms with Crippen LogP contribution in [0.25, 0.3) is 6.08 Å². The van der Waals surface area contributed by atoms with Crippen LogP contribution < -0.4 is 4.90 Å². The first-order valence-corrected chi connectivity index (χ1v) is 11.1. The van der Waals surface area contributed by atoms with Crippen LogP contribution in [0.4, 0.5) is 16.2 Å². The maximum Gasteiger partial charge on any atom is 0.293 e. The summed E-state index contributed by atoms with van der Waals surface area (Å²) in [5.74, 6) is -0.313. The fourth-order valence-electron chi connectivity index (χ4n) is 3.20. The SMILES string of the molecule is CN(c1ccccc1)c1ccc(/C=C2\SC(=O)N(Cc3ccc(Cl)c(Cl)c3)C2=O)cc1. The van der Waals surface area contributed by atoms with Crippen LogP contribution in [0, 0.1) is 0 Å². The summed E-state index contributed by atoms with van der Waals surface area (Å²) in [5, 5.41) is 0.519. The minimum absolute atomic E-state index is 0.152. The molecule has 1 aliphatic rings. The summed E-state index contributed by atoms with van der Waals surface area (Å²) < 4.78 is 0. The van der Waals surface area contributed by atoms with Gasteiger partial charge in [0.1, 0.15) is 0 Å². The van der Waals surface area contributed by atoms with Crippen molar-refractivity contribution in [2.75, 3.05) is 11.9 Å². The average molecular weight is 469 g/mol. The van der Waals surface area contributed by atoms with Gasteiger partial charge in [-0.15, -0.1) is 0 Å². The van der Waals surface area contributed by atoms with Crippen LogP contribution in [0.1, 0.15) is 11.1 Å². The smallest absolute Gasteiger partial charge is 0.293 e. The number of imide groups is 1. The van der Waals surface area contributed by atoms with Gasteiger partial charge in [0, 0.05) is 18.4 Å². The van der Waals surface area contributed by atoms with Gasteiger partial charge in [-0.1, -0.05) is 59.6 Å². The highest BCUT2D eigenvalue weighted by atomic mass is 35.5. The molecule has 156 valence electrons. The van der Waals surface area contributed by atoms with Crippen molar-refractivity contribution < 1.29 is 9.59 Å². The van der Waals surface area contributed by atoms with E-state index in [0.29, 0.717) is 15.0 Å². The van der Waals surface area contributed by atoms with E-state index in [1.165, 1.54) is 4.90 Å². The second-order valence-electron chi connectivity index (χ2n) is 7.00. The Kier molecular flexibility index (Phi) is 6.37. The van der Waals surface area contributed by atoms with Crippen molar-refractivity contribution in [3.8, 4) is 0 Å². The first-order chi connectivity index (χ1) is 14.9. The van der Waals surface area contributed by atoms with Crippen LogP contribution in [0.2, 0.25) is 10.0 Å². The second-order valence-corrected chi connectivity index (χ2v) is 8.81. The van der Waals surface area contributed by atoms with E-state index in [1.54, 1.807) is 24.3 Å². The molecule has 1 heterocycles. The summed E-state index contributed by atoms with van der Waals surface area (Å²) in [5.41, 5.74) is 3.70. The minimum Gasteiger partial charge on any atom is -0.345 e. The Hall–Kier alpha value is -2.73. The van der Waals surface area contributed by atoms with Gasteiger partial charge in [-0.25, -0.2) is 0 Å². The fourth-order valence-corrected chi connectivity index (χ4v) is 4.36. The number of hydrogen-bond acceptors (Lipinski definition) is 4. The highest BCUT2D eigenvalue weighted by molar-refractivity contribution is 8.18. The van der Waals surface area contributed by atoms with E-state index in [0.717, 1.165) is 34.3 Å². The molecule has 0 saturated carbocycles. The molecular weight excluding hydrogens is 451 g/mol. The largest absolute Gasteiger partial charge is 0.345 e. The molecule has 0 radical (unpaired) electrons. The van der Waals surface area contributed by atoms with Gasteiger partial charge in [-0.2, -0.15) is 0 Å². The Bertz CT molecular complexity index is 1160. The normalized spacial score (nSPS) is 15.1. The molecule has 0 bridgehead atoms. The number of anilines is 2. The number of halogens is 2. The Labute approximate surface area is 195 Å². The highest BCUT2D eigenvalue weighted by Gasteiger charge is 2.35. The van der Waals surface area contributed by atoms with Gasteiger partial charge in [-0.05, 0) is 65.4 Å². The molecule has 0 unspecified atom stereocenters. The van der Waals surface area contributed by atoms with Crippen LogP contribution >= 0.6 is 35.0 Å². The topological polar surface area (TPSA) is 40.6 Å². The van der Waals surface area contributed by atoms with Gasteiger partial charge < -0.3 is 4.90 Å². The summed E-state index contributed by atoms with van der Waals surface area (Å²) in [7, 11) is 2.00. The third-order valence-corrected chi connectivity index (χ3v) is 6.57. The van der Waals surface area contributed by atoms with E-state index in [2.05, 4.69) is 4.90 Å². The van der Waals surface area contributed by atoms with Crippen LogP contribution in [-0.4, -0.2) is 23.1 Å². The first kappa shape index (κ1) is 21.5. The van der Waals surface area contributed by atoms with Crippen molar-refractivity contribution in [1.82, 2.24) is 4.90 Å². The monoisotopic (exact) mass is 468 g/mol. The van der Waals surface area contributed by atoms with Crippen molar-refractivity contribution in [2.45, 2.75) is 6.54 Å². The molecular formula is C24H18Cl2N2O2S. The van der Waals surface area contributed by atoms with Gasteiger partial charge >= 0.3 is 0 Å². The number of nitrogens with zero attached hydrogens (tertiary/aromatic N) is 2. The molecule has 4 nitrogen and oxygen atoms in total. The van der Waals surface area contributed by atoms with Crippen LogP contribution in [0.15, 0.2) is 77.7 Å². The van der Waals surface area contributed by atoms with Crippen LogP contribution in [0.3, 0.4) is 0 Å². The predicted octanol–water partition coefficient (Wildman–Crippen LogP) is 7.00. The van der Waals surface area contributed by atoms with Crippen molar-refractivity contribution in [3.05, 3.63) is 98.9 Å². The van der Waals surface area contributed by atoms with Gasteiger partial charge in [-0.3, -0.25) is 14.5 Å². The van der Waals surface area contributed by atoms with Crippen molar-refractivity contribution >= 4 is 63.6 Å². The number of para-hydroxylation sites is 1. The Morgan fingerprint density at radius 1 is 0.903 bits per heavy atom. The molecule has 0 aliphatic carbocycles. The zero-order valence-electron chi connectivity index (χ0n) is 16.6. The number of hydrogen-bond donors (Lipinski definition) is 0. The van der Waals surface area contributed by atoms with Crippen molar-refractivity contribution in [1.29, 1.82) is 0 Å². The van der Waals surface area contributed by atoms with Crippen LogP contribution in [-0.2, 0) is 11.3 Å². The molecule has 0 aromatic heterocycles. The summed E-state index contributed by atoms with van der Waals surface area (Å²) in [6.07, 6.45) is 1.74. The molecule has 1 saturated heterocycles. The summed E-state index contributed by atoms with van der Waals surface area (Å²) >= 11 is 12.9. The van der Waals surface area contributed by atoms with E-state index in [4.69, 9.17) is 23.2 Å². The number of amides is 2. The van der Waals surface area contributed by atoms with Crippen molar-refractivity contribution in [3.63, 3.8) is 0 Å². The molecule has 1 fully saturated rings. The zero-order valence-corrected chi connectivity index (χ0v) is 18.9. The van der Waals surface area contributed by atoms with Crippen molar-refractivity contribution in [2.24, 2.45) is 0 Å². The molecule has 0 atom stereocenters. The minimum atomic E-state index is -0.313. The van der Waals surface area contributed by atoms with Gasteiger partial charge in [0.05, 0.1) is 21.5 Å². The number of thioether (sulfide) groups is 1. The van der Waals surface area contributed by atoms with Crippen LogP contribution in [0.5, 0.6) is 0 Å².